The molecule has 0 bridgehead atoms. The lowest BCUT2D eigenvalue weighted by Crippen LogP contribution is -2.18. The third kappa shape index (κ3) is 3.50. The Kier molecular flexibility index (Phi) is 4.89. The molecule has 0 amide bonds. The Hall–Kier alpha value is -3.86. The summed E-state index contributed by atoms with van der Waals surface area (Å²) in [6, 6.07) is 29.2. The number of H-pyrrole nitrogens is 1. The molecule has 4 aromatic rings. The largest absolute Gasteiger partial charge is 0.295 e. The first-order valence-electron chi connectivity index (χ1n) is 9.05. The minimum Gasteiger partial charge on any atom is -0.295 e. The molecule has 0 fully saturated rings. The van der Waals surface area contributed by atoms with Crippen LogP contribution in [0.15, 0.2) is 101 Å². The summed E-state index contributed by atoms with van der Waals surface area (Å²) in [5.41, 5.74) is 3.79. The molecule has 28 heavy (non-hydrogen) atoms. The topological polar surface area (TPSA) is 53.4 Å². The normalized spacial score (nSPS) is 11.0. The van der Waals surface area contributed by atoms with Crippen LogP contribution in [0.3, 0.4) is 0 Å². The third-order valence-corrected chi connectivity index (χ3v) is 4.44. The molecule has 0 aliphatic carbocycles. The SMILES string of the molecule is Cc1[nH]n(-c2ccccc2)c(=O)c1C=NN(c1ccccc1)c1ccccc1. The van der Waals surface area contributed by atoms with Crippen LogP contribution in [0, 0.1) is 6.92 Å². The summed E-state index contributed by atoms with van der Waals surface area (Å²) in [6.07, 6.45) is 1.62. The molecule has 138 valence electrons. The van der Waals surface area contributed by atoms with Crippen LogP contribution in [0.5, 0.6) is 0 Å². The summed E-state index contributed by atoms with van der Waals surface area (Å²) in [5.74, 6) is 0. The zero-order valence-electron chi connectivity index (χ0n) is 15.5. The molecule has 1 heterocycles. The van der Waals surface area contributed by atoms with Crippen LogP contribution in [0.1, 0.15) is 11.3 Å². The van der Waals surface area contributed by atoms with E-state index in [1.807, 2.05) is 103 Å². The van der Waals surface area contributed by atoms with E-state index in [4.69, 9.17) is 0 Å². The second kappa shape index (κ2) is 7.80. The molecule has 0 saturated carbocycles. The number of aryl methyl sites for hydroxylation is 1. The number of benzene rings is 3. The van der Waals surface area contributed by atoms with Crippen molar-refractivity contribution >= 4 is 17.6 Å². The fraction of sp³-hybridized carbons (Fsp3) is 0.0435. The molecule has 0 radical (unpaired) electrons. The summed E-state index contributed by atoms with van der Waals surface area (Å²) in [5, 5.41) is 9.58. The fourth-order valence-corrected chi connectivity index (χ4v) is 3.01. The lowest BCUT2D eigenvalue weighted by molar-refractivity contribution is 0.835. The Bertz CT molecular complexity index is 1090. The molecule has 1 aromatic heterocycles. The van der Waals surface area contributed by atoms with Gasteiger partial charge in [-0.15, -0.1) is 0 Å². The number of hydrazone groups is 1. The predicted molar refractivity (Wildman–Crippen MR) is 114 cm³/mol. The highest BCUT2D eigenvalue weighted by Crippen LogP contribution is 2.25. The number of anilines is 2. The van der Waals surface area contributed by atoms with E-state index in [0.29, 0.717) is 5.56 Å². The van der Waals surface area contributed by atoms with Crippen LogP contribution >= 0.6 is 0 Å². The van der Waals surface area contributed by atoms with Gasteiger partial charge in [0.05, 0.1) is 28.8 Å². The number of para-hydroxylation sites is 3. The monoisotopic (exact) mass is 368 g/mol. The van der Waals surface area contributed by atoms with Crippen molar-refractivity contribution in [2.75, 3.05) is 5.01 Å². The average Bonchev–Trinajstić information content (AvgIpc) is 3.04. The van der Waals surface area contributed by atoms with Gasteiger partial charge in [-0.3, -0.25) is 9.89 Å². The summed E-state index contributed by atoms with van der Waals surface area (Å²) >= 11 is 0. The zero-order chi connectivity index (χ0) is 19.3. The second-order valence-electron chi connectivity index (χ2n) is 6.35. The van der Waals surface area contributed by atoms with E-state index < -0.39 is 0 Å². The number of aromatic amines is 1. The number of rotatable bonds is 5. The first-order valence-corrected chi connectivity index (χ1v) is 9.05. The van der Waals surface area contributed by atoms with E-state index in [1.54, 1.807) is 6.21 Å². The van der Waals surface area contributed by atoms with Crippen LogP contribution in [-0.2, 0) is 0 Å². The molecule has 5 heteroatoms. The first kappa shape index (κ1) is 17.5. The van der Waals surface area contributed by atoms with Crippen LogP contribution in [-0.4, -0.2) is 16.0 Å². The Morgan fingerprint density at radius 3 is 1.86 bits per heavy atom. The molecular formula is C23H20N4O. The first-order chi connectivity index (χ1) is 13.7. The van der Waals surface area contributed by atoms with Crippen molar-refractivity contribution in [1.82, 2.24) is 9.78 Å². The van der Waals surface area contributed by atoms with Gasteiger partial charge in [0.2, 0.25) is 0 Å². The maximum Gasteiger partial charge on any atom is 0.280 e. The van der Waals surface area contributed by atoms with E-state index >= 15 is 0 Å². The van der Waals surface area contributed by atoms with Crippen molar-refractivity contribution in [3.05, 3.63) is 113 Å². The van der Waals surface area contributed by atoms with E-state index in [9.17, 15) is 4.79 Å². The minimum absolute atomic E-state index is 0.131. The minimum atomic E-state index is -0.131. The van der Waals surface area contributed by atoms with Crippen LogP contribution in [0.25, 0.3) is 5.69 Å². The fourth-order valence-electron chi connectivity index (χ4n) is 3.01. The van der Waals surface area contributed by atoms with Gasteiger partial charge in [-0.2, -0.15) is 5.10 Å². The van der Waals surface area contributed by atoms with Crippen molar-refractivity contribution in [2.24, 2.45) is 5.10 Å². The Labute approximate surface area is 163 Å². The van der Waals surface area contributed by atoms with Gasteiger partial charge in [0, 0.05) is 5.69 Å². The van der Waals surface area contributed by atoms with Crippen molar-refractivity contribution in [3.63, 3.8) is 0 Å². The van der Waals surface area contributed by atoms with Gasteiger partial charge in [-0.05, 0) is 43.3 Å². The number of nitrogens with one attached hydrogen (secondary N) is 1. The Balaban J connectivity index is 1.74. The Morgan fingerprint density at radius 2 is 1.32 bits per heavy atom. The zero-order valence-corrected chi connectivity index (χ0v) is 15.5. The van der Waals surface area contributed by atoms with Crippen molar-refractivity contribution < 1.29 is 0 Å². The standard InChI is InChI=1S/C23H20N4O/c1-18-22(23(28)27(25-18)21-15-9-4-10-16-21)17-24-26(19-11-5-2-6-12-19)20-13-7-3-8-14-20/h2-17,25H,1H3. The van der Waals surface area contributed by atoms with E-state index in [-0.39, 0.29) is 5.56 Å². The second-order valence-corrected chi connectivity index (χ2v) is 6.35. The number of nitrogens with zero attached hydrogens (tertiary/aromatic N) is 3. The van der Waals surface area contributed by atoms with Gasteiger partial charge in [0.1, 0.15) is 0 Å². The van der Waals surface area contributed by atoms with Crippen molar-refractivity contribution in [3.8, 4) is 5.69 Å². The third-order valence-electron chi connectivity index (χ3n) is 4.44. The van der Waals surface area contributed by atoms with Gasteiger partial charge in [0.25, 0.3) is 5.56 Å². The lowest BCUT2D eigenvalue weighted by Gasteiger charge is -2.18. The number of aromatic nitrogens is 2. The molecule has 0 atom stereocenters. The molecule has 0 aliphatic heterocycles. The van der Waals surface area contributed by atoms with Gasteiger partial charge in [0.15, 0.2) is 0 Å². The van der Waals surface area contributed by atoms with E-state index in [1.165, 1.54) is 4.68 Å². The average molecular weight is 368 g/mol. The molecule has 4 rings (SSSR count). The van der Waals surface area contributed by atoms with Gasteiger partial charge in [-0.25, -0.2) is 9.69 Å². The van der Waals surface area contributed by atoms with E-state index in [0.717, 1.165) is 22.8 Å². The van der Waals surface area contributed by atoms with Crippen molar-refractivity contribution in [1.29, 1.82) is 0 Å². The highest BCUT2D eigenvalue weighted by Gasteiger charge is 2.12. The van der Waals surface area contributed by atoms with Crippen LogP contribution < -0.4 is 10.6 Å². The van der Waals surface area contributed by atoms with Gasteiger partial charge < -0.3 is 0 Å². The maximum atomic E-state index is 12.9. The smallest absolute Gasteiger partial charge is 0.280 e. The predicted octanol–water partition coefficient (Wildman–Crippen LogP) is 4.65. The summed E-state index contributed by atoms with van der Waals surface area (Å²) in [4.78, 5) is 12.9. The molecule has 3 aromatic carbocycles. The summed E-state index contributed by atoms with van der Waals surface area (Å²) < 4.78 is 1.53. The summed E-state index contributed by atoms with van der Waals surface area (Å²) in [7, 11) is 0. The van der Waals surface area contributed by atoms with Gasteiger partial charge in [-0.1, -0.05) is 54.6 Å². The molecule has 5 nitrogen and oxygen atoms in total. The van der Waals surface area contributed by atoms with Gasteiger partial charge >= 0.3 is 0 Å². The maximum absolute atomic E-state index is 12.9. The van der Waals surface area contributed by atoms with E-state index in [2.05, 4.69) is 10.2 Å². The quantitative estimate of drug-likeness (QED) is 0.412. The molecule has 0 aliphatic rings. The molecular weight excluding hydrogens is 348 g/mol. The van der Waals surface area contributed by atoms with Crippen LogP contribution in [0.4, 0.5) is 11.4 Å². The molecule has 0 saturated heterocycles. The van der Waals surface area contributed by atoms with Crippen LogP contribution in [0.2, 0.25) is 0 Å². The number of hydrogen-bond donors (Lipinski definition) is 1. The Morgan fingerprint density at radius 1 is 0.821 bits per heavy atom. The highest BCUT2D eigenvalue weighted by atomic mass is 16.1. The number of hydrogen-bond acceptors (Lipinski definition) is 3. The lowest BCUT2D eigenvalue weighted by atomic mass is 10.2. The summed E-state index contributed by atoms with van der Waals surface area (Å²) in [6.45, 7) is 1.87. The van der Waals surface area contributed by atoms with Crippen molar-refractivity contribution in [2.45, 2.75) is 6.92 Å². The molecule has 1 N–H and O–H groups in total. The molecule has 0 unspecified atom stereocenters. The highest BCUT2D eigenvalue weighted by molar-refractivity contribution is 5.82. The molecule has 0 spiro atoms.